The summed E-state index contributed by atoms with van der Waals surface area (Å²) < 4.78 is 5.54. The third kappa shape index (κ3) is 10.0. The molecule has 0 heterocycles. The Balaban J connectivity index is 2.98. The minimum atomic E-state index is 0.928. The summed E-state index contributed by atoms with van der Waals surface area (Å²) in [6, 6.07) is 0. The van der Waals surface area contributed by atoms with Gasteiger partial charge in [0.15, 0.2) is 0 Å². The van der Waals surface area contributed by atoms with Gasteiger partial charge in [-0.1, -0.05) is 26.7 Å². The van der Waals surface area contributed by atoms with Crippen molar-refractivity contribution in [3.05, 3.63) is 0 Å². The summed E-state index contributed by atoms with van der Waals surface area (Å²) in [5.74, 6) is 0. The van der Waals surface area contributed by atoms with Gasteiger partial charge in [0.05, 0.1) is 0 Å². The van der Waals surface area contributed by atoms with Crippen LogP contribution in [0.15, 0.2) is 0 Å². The molecule has 0 rings (SSSR count). The van der Waals surface area contributed by atoms with Crippen molar-refractivity contribution in [3.8, 4) is 0 Å². The first-order valence-corrected chi connectivity index (χ1v) is 6.07. The Kier molecular flexibility index (Phi) is 10.9. The highest BCUT2D eigenvalue weighted by Gasteiger charge is 1.95. The first-order chi connectivity index (χ1) is 6.81. The molecule has 0 aliphatic heterocycles. The van der Waals surface area contributed by atoms with Gasteiger partial charge in [-0.2, -0.15) is 0 Å². The molecule has 0 aromatic rings. The third-order valence-electron chi connectivity index (χ3n) is 2.33. The Bertz CT molecular complexity index is 106. The molecule has 0 spiro atoms. The second-order valence-corrected chi connectivity index (χ2v) is 3.98. The molecule has 0 N–H and O–H groups in total. The van der Waals surface area contributed by atoms with Crippen LogP contribution in [0.25, 0.3) is 0 Å². The van der Waals surface area contributed by atoms with E-state index in [2.05, 4.69) is 25.8 Å². The number of ether oxygens (including phenoxy) is 1. The van der Waals surface area contributed by atoms with Gasteiger partial charge in [-0.25, -0.2) is 0 Å². The monoisotopic (exact) mass is 201 g/mol. The molecule has 86 valence electrons. The van der Waals surface area contributed by atoms with E-state index in [1.807, 2.05) is 0 Å². The van der Waals surface area contributed by atoms with E-state index in [0.717, 1.165) is 13.2 Å². The summed E-state index contributed by atoms with van der Waals surface area (Å²) in [5, 5.41) is 0. The quantitative estimate of drug-likeness (QED) is 0.504. The molecule has 0 unspecified atom stereocenters. The van der Waals surface area contributed by atoms with Crippen LogP contribution in [0.3, 0.4) is 0 Å². The molecule has 0 saturated heterocycles. The fourth-order valence-corrected chi connectivity index (χ4v) is 1.49. The average Bonchev–Trinajstić information content (AvgIpc) is 2.17. The van der Waals surface area contributed by atoms with Crippen molar-refractivity contribution in [1.29, 1.82) is 0 Å². The summed E-state index contributed by atoms with van der Waals surface area (Å²) in [5.41, 5.74) is 0. The minimum absolute atomic E-state index is 0.928. The summed E-state index contributed by atoms with van der Waals surface area (Å²) >= 11 is 0. The average molecular weight is 201 g/mol. The van der Waals surface area contributed by atoms with E-state index in [9.17, 15) is 0 Å². The summed E-state index contributed by atoms with van der Waals surface area (Å²) in [4.78, 5) is 2.37. The van der Waals surface area contributed by atoms with E-state index in [-0.39, 0.29) is 0 Å². The lowest BCUT2D eigenvalue weighted by Gasteiger charge is -2.14. The zero-order chi connectivity index (χ0) is 10.6. The number of unbranched alkanes of at least 4 members (excludes halogenated alkanes) is 2. The predicted molar refractivity (Wildman–Crippen MR) is 62.7 cm³/mol. The van der Waals surface area contributed by atoms with Crippen molar-refractivity contribution in [3.63, 3.8) is 0 Å². The maximum atomic E-state index is 5.54. The molecule has 0 aromatic heterocycles. The minimum Gasteiger partial charge on any atom is -0.381 e. The largest absolute Gasteiger partial charge is 0.381 e. The maximum Gasteiger partial charge on any atom is 0.0478 e. The van der Waals surface area contributed by atoms with E-state index < -0.39 is 0 Å². The highest BCUT2D eigenvalue weighted by Crippen LogP contribution is 1.95. The molecule has 2 heteroatoms. The van der Waals surface area contributed by atoms with Crippen LogP contribution in [0.1, 0.15) is 46.0 Å². The predicted octanol–water partition coefficient (Wildman–Crippen LogP) is 2.93. The van der Waals surface area contributed by atoms with Crippen LogP contribution in [-0.2, 0) is 4.74 Å². The summed E-state index contributed by atoms with van der Waals surface area (Å²) in [6.07, 6.45) is 6.22. The SMILES string of the molecule is CCCCCOCCCN(C)CCC. The second kappa shape index (κ2) is 11.0. The number of hydrogen-bond donors (Lipinski definition) is 0. The molecule has 0 radical (unpaired) electrons. The van der Waals surface area contributed by atoms with Crippen LogP contribution >= 0.6 is 0 Å². The number of nitrogens with zero attached hydrogens (tertiary/aromatic N) is 1. The van der Waals surface area contributed by atoms with Gasteiger partial charge in [0.1, 0.15) is 0 Å². The zero-order valence-electron chi connectivity index (χ0n) is 10.2. The van der Waals surface area contributed by atoms with E-state index in [4.69, 9.17) is 4.74 Å². The van der Waals surface area contributed by atoms with Crippen molar-refractivity contribution < 1.29 is 4.74 Å². The molecular formula is C12H27NO. The van der Waals surface area contributed by atoms with Crippen LogP contribution in [0.4, 0.5) is 0 Å². The van der Waals surface area contributed by atoms with Crippen LogP contribution in [0.2, 0.25) is 0 Å². The topological polar surface area (TPSA) is 12.5 Å². The van der Waals surface area contributed by atoms with E-state index >= 15 is 0 Å². The fourth-order valence-electron chi connectivity index (χ4n) is 1.49. The summed E-state index contributed by atoms with van der Waals surface area (Å²) in [7, 11) is 2.18. The normalized spacial score (nSPS) is 11.1. The molecule has 0 aliphatic rings. The van der Waals surface area contributed by atoms with Gasteiger partial charge in [0, 0.05) is 19.8 Å². The molecule has 0 aliphatic carbocycles. The maximum absolute atomic E-state index is 5.54. The van der Waals surface area contributed by atoms with Crippen molar-refractivity contribution in [2.45, 2.75) is 46.0 Å². The molecule has 0 bridgehead atoms. The lowest BCUT2D eigenvalue weighted by Crippen LogP contribution is -2.21. The lowest BCUT2D eigenvalue weighted by molar-refractivity contribution is 0.120. The molecule has 0 aromatic carbocycles. The van der Waals surface area contributed by atoms with E-state index in [1.54, 1.807) is 0 Å². The van der Waals surface area contributed by atoms with Crippen molar-refractivity contribution in [2.75, 3.05) is 33.4 Å². The number of rotatable bonds is 10. The second-order valence-electron chi connectivity index (χ2n) is 3.98. The highest BCUT2D eigenvalue weighted by molar-refractivity contribution is 4.49. The van der Waals surface area contributed by atoms with Crippen LogP contribution in [-0.4, -0.2) is 38.3 Å². The molecule has 0 saturated carbocycles. The molecule has 0 amide bonds. The first-order valence-electron chi connectivity index (χ1n) is 6.07. The Labute approximate surface area is 89.6 Å². The Morgan fingerprint density at radius 1 is 0.857 bits per heavy atom. The van der Waals surface area contributed by atoms with Gasteiger partial charge >= 0.3 is 0 Å². The smallest absolute Gasteiger partial charge is 0.0478 e. The Hall–Kier alpha value is -0.0800. The number of hydrogen-bond acceptors (Lipinski definition) is 2. The van der Waals surface area contributed by atoms with Gasteiger partial charge in [0.25, 0.3) is 0 Å². The molecule has 2 nitrogen and oxygen atoms in total. The zero-order valence-corrected chi connectivity index (χ0v) is 10.2. The highest BCUT2D eigenvalue weighted by atomic mass is 16.5. The lowest BCUT2D eigenvalue weighted by atomic mass is 10.3. The van der Waals surface area contributed by atoms with Gasteiger partial charge in [-0.15, -0.1) is 0 Å². The Morgan fingerprint density at radius 3 is 2.21 bits per heavy atom. The van der Waals surface area contributed by atoms with E-state index in [0.29, 0.717) is 0 Å². The van der Waals surface area contributed by atoms with Crippen molar-refractivity contribution in [1.82, 2.24) is 4.90 Å². The van der Waals surface area contributed by atoms with Crippen molar-refractivity contribution in [2.24, 2.45) is 0 Å². The van der Waals surface area contributed by atoms with Gasteiger partial charge in [-0.3, -0.25) is 0 Å². The van der Waals surface area contributed by atoms with E-state index in [1.165, 1.54) is 45.2 Å². The van der Waals surface area contributed by atoms with Crippen LogP contribution in [0.5, 0.6) is 0 Å². The molecule has 0 fully saturated rings. The summed E-state index contributed by atoms with van der Waals surface area (Å²) in [6.45, 7) is 8.69. The van der Waals surface area contributed by atoms with Gasteiger partial charge in [0.2, 0.25) is 0 Å². The molecular weight excluding hydrogens is 174 g/mol. The third-order valence-corrected chi connectivity index (χ3v) is 2.33. The van der Waals surface area contributed by atoms with Gasteiger partial charge in [-0.05, 0) is 32.9 Å². The molecule has 14 heavy (non-hydrogen) atoms. The van der Waals surface area contributed by atoms with Crippen molar-refractivity contribution >= 4 is 0 Å². The molecule has 0 atom stereocenters. The van der Waals surface area contributed by atoms with Gasteiger partial charge < -0.3 is 9.64 Å². The van der Waals surface area contributed by atoms with Crippen LogP contribution < -0.4 is 0 Å². The first kappa shape index (κ1) is 13.9. The fraction of sp³-hybridized carbons (Fsp3) is 1.00. The van der Waals surface area contributed by atoms with Crippen LogP contribution in [0, 0.1) is 0 Å². The standard InChI is InChI=1S/C12H27NO/c1-4-6-7-11-14-12-8-10-13(3)9-5-2/h4-12H2,1-3H3. The Morgan fingerprint density at radius 2 is 1.57 bits per heavy atom.